The van der Waals surface area contributed by atoms with Crippen LogP contribution in [0, 0.1) is 37.8 Å². The van der Waals surface area contributed by atoms with Gasteiger partial charge in [0.05, 0.1) is 11.3 Å². The topological polar surface area (TPSA) is 116 Å². The van der Waals surface area contributed by atoms with E-state index < -0.39 is 23.4 Å². The first-order valence-corrected chi connectivity index (χ1v) is 9.72. The maximum Gasteiger partial charge on any atom is 0.306 e. The van der Waals surface area contributed by atoms with Crippen LogP contribution in [0.4, 0.5) is 11.4 Å². The minimum absolute atomic E-state index is 0.0140. The zero-order valence-corrected chi connectivity index (χ0v) is 17.5. The van der Waals surface area contributed by atoms with Gasteiger partial charge in [0.1, 0.15) is 5.69 Å². The summed E-state index contributed by atoms with van der Waals surface area (Å²) in [6, 6.07) is 4.69. The number of hydrogen-bond donors (Lipinski definition) is 1. The molecule has 2 aromatic rings. The van der Waals surface area contributed by atoms with E-state index in [-0.39, 0.29) is 30.0 Å². The molecule has 8 nitrogen and oxygen atoms in total. The highest BCUT2D eigenvalue weighted by Crippen LogP contribution is 2.30. The summed E-state index contributed by atoms with van der Waals surface area (Å²) in [5, 5.41) is 13.6. The first kappa shape index (κ1) is 22.2. The van der Waals surface area contributed by atoms with Gasteiger partial charge in [-0.1, -0.05) is 6.07 Å². The number of rotatable bonds is 8. The normalized spacial score (nSPS) is 10.5. The molecule has 0 bridgehead atoms. The lowest BCUT2D eigenvalue weighted by molar-refractivity contribution is -0.384. The monoisotopic (exact) mass is 418 g/mol. The number of carbonyl (C=O) groups excluding carboxylic acids is 3. The molecule has 0 fully saturated rings. The number of amides is 1. The quantitative estimate of drug-likeness (QED) is 0.299. The molecule has 0 unspecified atom stereocenters. The van der Waals surface area contributed by atoms with Gasteiger partial charge in [-0.3, -0.25) is 24.5 Å². The van der Waals surface area contributed by atoms with E-state index in [2.05, 4.69) is 5.32 Å². The maximum atomic E-state index is 12.2. The van der Waals surface area contributed by atoms with E-state index in [1.54, 1.807) is 26.0 Å². The van der Waals surface area contributed by atoms with E-state index >= 15 is 0 Å². The fraction of sp³-hybridized carbons (Fsp3) is 0.350. The van der Waals surface area contributed by atoms with E-state index in [0.29, 0.717) is 11.1 Å². The Hall–Kier alpha value is -3.07. The predicted octanol–water partition coefficient (Wildman–Crippen LogP) is 4.03. The smallest absolute Gasteiger partial charge is 0.306 e. The van der Waals surface area contributed by atoms with E-state index in [0.717, 1.165) is 15.3 Å². The molecule has 29 heavy (non-hydrogen) atoms. The van der Waals surface area contributed by atoms with Crippen LogP contribution in [0.5, 0.6) is 0 Å². The standard InChI is InChI=1S/C20H22N2O6S/c1-11-5-6-16(22(26)27)20(13(11)3)21-18(24)10-28-19(25)8-7-17(23)15-9-12(2)29-14(15)4/h5-6,9H,7-8,10H2,1-4H3,(H,21,24). The molecular formula is C20H22N2O6S. The second-order valence-corrected chi connectivity index (χ2v) is 8.08. The maximum absolute atomic E-state index is 12.2. The van der Waals surface area contributed by atoms with Crippen molar-refractivity contribution in [2.24, 2.45) is 0 Å². The van der Waals surface area contributed by atoms with Crippen LogP contribution in [-0.2, 0) is 14.3 Å². The number of ketones is 1. The third-order valence-corrected chi connectivity index (χ3v) is 5.40. The second-order valence-electron chi connectivity index (χ2n) is 6.62. The summed E-state index contributed by atoms with van der Waals surface area (Å²) < 4.78 is 4.90. The number of hydrogen-bond acceptors (Lipinski definition) is 7. The Morgan fingerprint density at radius 2 is 1.83 bits per heavy atom. The molecule has 0 aliphatic carbocycles. The number of nitro groups is 1. The minimum atomic E-state index is -0.689. The number of ether oxygens (including phenoxy) is 1. The minimum Gasteiger partial charge on any atom is -0.456 e. The summed E-state index contributed by atoms with van der Waals surface area (Å²) in [5.41, 5.74) is 1.78. The summed E-state index contributed by atoms with van der Waals surface area (Å²) >= 11 is 1.51. The molecule has 1 heterocycles. The number of anilines is 1. The average molecular weight is 418 g/mol. The van der Waals surface area contributed by atoms with Crippen molar-refractivity contribution in [3.8, 4) is 0 Å². The number of thiophene rings is 1. The molecule has 0 radical (unpaired) electrons. The van der Waals surface area contributed by atoms with Gasteiger partial charge in [-0.25, -0.2) is 0 Å². The number of nitrogens with zero attached hydrogens (tertiary/aromatic N) is 1. The predicted molar refractivity (Wildman–Crippen MR) is 110 cm³/mol. The van der Waals surface area contributed by atoms with Crippen LogP contribution in [0.1, 0.15) is 44.1 Å². The van der Waals surface area contributed by atoms with Crippen molar-refractivity contribution in [3.63, 3.8) is 0 Å². The number of aryl methyl sites for hydroxylation is 3. The number of nitro benzene ring substituents is 1. The van der Waals surface area contributed by atoms with Crippen molar-refractivity contribution in [2.45, 2.75) is 40.5 Å². The van der Waals surface area contributed by atoms with Gasteiger partial charge in [0.2, 0.25) is 0 Å². The Balaban J connectivity index is 1.89. The van der Waals surface area contributed by atoms with Crippen LogP contribution < -0.4 is 5.32 Å². The molecule has 0 saturated heterocycles. The lowest BCUT2D eigenvalue weighted by Crippen LogP contribution is -2.22. The number of Topliss-reactive ketones (excluding diaryl/α,β-unsaturated/α-hetero) is 1. The molecule has 1 N–H and O–H groups in total. The average Bonchev–Trinajstić information content (AvgIpc) is 2.99. The lowest BCUT2D eigenvalue weighted by Gasteiger charge is -2.11. The summed E-state index contributed by atoms with van der Waals surface area (Å²) in [6.07, 6.45) is -0.163. The van der Waals surface area contributed by atoms with Gasteiger partial charge in [0.15, 0.2) is 12.4 Å². The lowest BCUT2D eigenvalue weighted by atomic mass is 10.1. The summed E-state index contributed by atoms with van der Waals surface area (Å²) in [4.78, 5) is 48.6. The molecule has 0 atom stereocenters. The van der Waals surface area contributed by atoms with Gasteiger partial charge in [-0.15, -0.1) is 11.3 Å². The van der Waals surface area contributed by atoms with E-state index in [4.69, 9.17) is 4.74 Å². The third kappa shape index (κ3) is 5.71. The summed E-state index contributed by atoms with van der Waals surface area (Å²) in [7, 11) is 0. The Kier molecular flexibility index (Phi) is 7.22. The molecule has 0 aliphatic rings. The van der Waals surface area contributed by atoms with E-state index in [9.17, 15) is 24.5 Å². The Morgan fingerprint density at radius 3 is 2.41 bits per heavy atom. The van der Waals surface area contributed by atoms with E-state index in [1.165, 1.54) is 17.4 Å². The van der Waals surface area contributed by atoms with Gasteiger partial charge in [0.25, 0.3) is 11.6 Å². The van der Waals surface area contributed by atoms with Crippen molar-refractivity contribution in [1.29, 1.82) is 0 Å². The molecule has 1 amide bonds. The Morgan fingerprint density at radius 1 is 1.14 bits per heavy atom. The third-order valence-electron chi connectivity index (χ3n) is 4.44. The highest BCUT2D eigenvalue weighted by Gasteiger charge is 2.20. The zero-order chi connectivity index (χ0) is 21.7. The molecular weight excluding hydrogens is 396 g/mol. The van der Waals surface area contributed by atoms with Gasteiger partial charge >= 0.3 is 5.97 Å². The van der Waals surface area contributed by atoms with Crippen LogP contribution in [-0.4, -0.2) is 29.2 Å². The van der Waals surface area contributed by atoms with Crippen molar-refractivity contribution in [2.75, 3.05) is 11.9 Å². The SMILES string of the molecule is Cc1cc(C(=O)CCC(=O)OCC(=O)Nc2c([N+](=O)[O-])ccc(C)c2C)c(C)s1. The number of carbonyl (C=O) groups is 3. The van der Waals surface area contributed by atoms with Gasteiger partial charge in [-0.2, -0.15) is 0 Å². The molecule has 0 spiro atoms. The number of benzene rings is 1. The van der Waals surface area contributed by atoms with Crippen molar-refractivity contribution in [1.82, 2.24) is 0 Å². The largest absolute Gasteiger partial charge is 0.456 e. The van der Waals surface area contributed by atoms with Crippen LogP contribution in [0.15, 0.2) is 18.2 Å². The Labute approximate surface area is 172 Å². The van der Waals surface area contributed by atoms with Gasteiger partial charge < -0.3 is 10.1 Å². The first-order chi connectivity index (χ1) is 13.6. The molecule has 2 rings (SSSR count). The van der Waals surface area contributed by atoms with Crippen LogP contribution in [0.2, 0.25) is 0 Å². The summed E-state index contributed by atoms with van der Waals surface area (Å²) in [5.74, 6) is -1.53. The fourth-order valence-electron chi connectivity index (χ4n) is 2.76. The molecule has 1 aromatic carbocycles. The molecule has 1 aromatic heterocycles. The Bertz CT molecular complexity index is 980. The molecule has 9 heteroatoms. The van der Waals surface area contributed by atoms with Crippen LogP contribution >= 0.6 is 11.3 Å². The van der Waals surface area contributed by atoms with Crippen LogP contribution in [0.25, 0.3) is 0 Å². The molecule has 0 saturated carbocycles. The number of esters is 1. The van der Waals surface area contributed by atoms with Crippen molar-refractivity contribution in [3.05, 3.63) is 54.8 Å². The first-order valence-electron chi connectivity index (χ1n) is 8.90. The van der Waals surface area contributed by atoms with Crippen molar-refractivity contribution >= 4 is 40.4 Å². The van der Waals surface area contributed by atoms with Crippen LogP contribution in [0.3, 0.4) is 0 Å². The second kappa shape index (κ2) is 9.42. The highest BCUT2D eigenvalue weighted by atomic mass is 32.1. The zero-order valence-electron chi connectivity index (χ0n) is 16.7. The van der Waals surface area contributed by atoms with Crippen molar-refractivity contribution < 1.29 is 24.0 Å². The van der Waals surface area contributed by atoms with Gasteiger partial charge in [-0.05, 0) is 44.9 Å². The molecule has 154 valence electrons. The highest BCUT2D eigenvalue weighted by molar-refractivity contribution is 7.12. The van der Waals surface area contributed by atoms with Gasteiger partial charge in [0, 0.05) is 27.8 Å². The number of nitrogens with one attached hydrogen (secondary N) is 1. The fourth-order valence-corrected chi connectivity index (χ4v) is 3.71. The summed E-state index contributed by atoms with van der Waals surface area (Å²) in [6.45, 7) is 6.59. The molecule has 0 aliphatic heterocycles. The van der Waals surface area contributed by atoms with E-state index in [1.807, 2.05) is 13.8 Å².